The van der Waals surface area contributed by atoms with E-state index in [1.165, 1.54) is 48.0 Å². The van der Waals surface area contributed by atoms with Gasteiger partial charge in [-0.15, -0.1) is 16.9 Å². The lowest BCUT2D eigenvalue weighted by molar-refractivity contribution is -0.192. The van der Waals surface area contributed by atoms with Crippen molar-refractivity contribution in [3.63, 3.8) is 0 Å². The number of nitrogens with zero attached hydrogens (tertiary/aromatic N) is 6. The van der Waals surface area contributed by atoms with E-state index in [9.17, 15) is 48.3 Å². The Hall–Kier alpha value is -7.32. The molecule has 6 rings (SSSR count). The number of esters is 2. The van der Waals surface area contributed by atoms with Crippen LogP contribution in [0.5, 0.6) is 17.2 Å². The van der Waals surface area contributed by atoms with Crippen molar-refractivity contribution < 1.29 is 72.6 Å². The van der Waals surface area contributed by atoms with Crippen LogP contribution < -0.4 is 30.3 Å². The molecule has 3 atom stereocenters. The van der Waals surface area contributed by atoms with Crippen molar-refractivity contribution in [3.05, 3.63) is 75.2 Å². The number of amides is 3. The minimum atomic E-state index is -2.19. The summed E-state index contributed by atoms with van der Waals surface area (Å²) in [5.41, 5.74) is -3.73. The van der Waals surface area contributed by atoms with E-state index in [-0.39, 0.29) is 56.0 Å². The average Bonchev–Trinajstić information content (AvgIpc) is 3.67. The second-order valence-electron chi connectivity index (χ2n) is 13.4. The lowest BCUT2D eigenvalue weighted by Crippen LogP contribution is -2.81. The molecule has 4 heterocycles. The number of nitrogens with one attached hydrogen (secondary N) is 2. The van der Waals surface area contributed by atoms with Gasteiger partial charge in [0.15, 0.2) is 18.1 Å². The van der Waals surface area contributed by atoms with Crippen LogP contribution in [0.2, 0.25) is 0 Å². The van der Waals surface area contributed by atoms with Gasteiger partial charge in [0.05, 0.1) is 10.9 Å². The standard InChI is InChI=1S/C37H34N8O16S2/c1-16(46)60-23-10-9-21-28(30(23)61-17(2)47)43(3)11-22(29(21)52)31(53)38-26(18-5-7-20(8-6-18)59-13-25(50)51)32(54)39-37(58-4)34(57)45-27(33(55)56)19(14-62-35(37)45)15-63-36-40-41-42-44(36)12-24(48)49/h5-11,26,35H,12-15H2,1-4H3,(H,38,53)(H,39,54)(H,48,49)(H,50,51)(H,55,56)/t26?,35-,37+/m1/s1. The molecule has 4 aromatic rings. The van der Waals surface area contributed by atoms with Gasteiger partial charge in [-0.2, -0.15) is 0 Å². The molecule has 2 aromatic heterocycles. The van der Waals surface area contributed by atoms with Crippen LogP contribution in [-0.2, 0) is 51.9 Å². The Morgan fingerprint density at radius 3 is 2.30 bits per heavy atom. The normalized spacial score (nSPS) is 17.2. The van der Waals surface area contributed by atoms with Crippen LogP contribution in [0, 0.1) is 0 Å². The molecule has 0 spiro atoms. The molecular weight excluding hydrogens is 877 g/mol. The fraction of sp³-hybridized carbons (Fsp3) is 0.297. The number of pyridine rings is 1. The van der Waals surface area contributed by atoms with Crippen LogP contribution in [0.4, 0.5) is 0 Å². The van der Waals surface area contributed by atoms with E-state index in [0.29, 0.717) is 0 Å². The number of hydrogen-bond acceptors (Lipinski definition) is 18. The Balaban J connectivity index is 1.32. The van der Waals surface area contributed by atoms with E-state index >= 15 is 0 Å². The monoisotopic (exact) mass is 910 g/mol. The zero-order valence-electron chi connectivity index (χ0n) is 33.2. The minimum Gasteiger partial charge on any atom is -0.482 e. The summed E-state index contributed by atoms with van der Waals surface area (Å²) in [7, 11) is 2.51. The lowest BCUT2D eigenvalue weighted by Gasteiger charge is -2.56. The second kappa shape index (κ2) is 18.3. The van der Waals surface area contributed by atoms with E-state index in [2.05, 4.69) is 26.2 Å². The maximum absolute atomic E-state index is 14.4. The molecule has 330 valence electrons. The maximum atomic E-state index is 14.4. The maximum Gasteiger partial charge on any atom is 0.352 e. The minimum absolute atomic E-state index is 0.00464. The number of ether oxygens (including phenoxy) is 4. The summed E-state index contributed by atoms with van der Waals surface area (Å²) >= 11 is 1.97. The molecule has 24 nitrogen and oxygen atoms in total. The third kappa shape index (κ3) is 9.16. The SMILES string of the molecule is CO[C@@]1(NC(=O)C(NC(=O)c2cn(C)c3c(OC(C)=O)c(OC(C)=O)ccc3c2=O)c2ccc(OCC(=O)O)cc2)C(=O)N2C(C(=O)O)=C(CSc3nnnn3CC(=O)O)CS[C@@H]21. The molecule has 26 heteroatoms. The number of methoxy groups -OCH3 is 1. The molecule has 5 N–H and O–H groups in total. The number of carboxylic acids is 3. The number of hydrogen-bond donors (Lipinski definition) is 5. The lowest BCUT2D eigenvalue weighted by atomic mass is 9.96. The largest absolute Gasteiger partial charge is 0.482 e. The van der Waals surface area contributed by atoms with Crippen LogP contribution in [0.3, 0.4) is 0 Å². The van der Waals surface area contributed by atoms with E-state index in [1.54, 1.807) is 0 Å². The fourth-order valence-corrected chi connectivity index (χ4v) is 9.04. The van der Waals surface area contributed by atoms with Crippen molar-refractivity contribution in [2.45, 2.75) is 42.7 Å². The van der Waals surface area contributed by atoms with Crippen LogP contribution >= 0.6 is 23.5 Å². The van der Waals surface area contributed by atoms with Gasteiger partial charge in [0.1, 0.15) is 35.0 Å². The number of carboxylic acid groups (broad SMARTS) is 3. The molecule has 1 unspecified atom stereocenters. The Labute approximate surface area is 361 Å². The number of carbonyl (C=O) groups excluding carboxylic acids is 5. The van der Waals surface area contributed by atoms with E-state index < -0.39 is 94.5 Å². The highest BCUT2D eigenvalue weighted by Crippen LogP contribution is 2.47. The number of aliphatic carboxylic acids is 3. The van der Waals surface area contributed by atoms with Crippen molar-refractivity contribution in [1.29, 1.82) is 0 Å². The van der Waals surface area contributed by atoms with Crippen LogP contribution in [0.25, 0.3) is 10.9 Å². The molecule has 1 saturated heterocycles. The number of fused-ring (bicyclic) bond motifs is 2. The third-order valence-corrected chi connectivity index (χ3v) is 11.6. The number of benzene rings is 2. The summed E-state index contributed by atoms with van der Waals surface area (Å²) in [5, 5.41) is 43.1. The smallest absolute Gasteiger partial charge is 0.352 e. The highest BCUT2D eigenvalue weighted by molar-refractivity contribution is 8.01. The Morgan fingerprint density at radius 2 is 1.68 bits per heavy atom. The first kappa shape index (κ1) is 45.2. The van der Waals surface area contributed by atoms with Crippen LogP contribution in [0.15, 0.2) is 63.8 Å². The topological polar surface area (TPSA) is 327 Å². The molecule has 3 amide bonds. The number of tetrazole rings is 1. The summed E-state index contributed by atoms with van der Waals surface area (Å²) in [6.45, 7) is 0.944. The Bertz CT molecular complexity index is 2680. The van der Waals surface area contributed by atoms with Gasteiger partial charge in [-0.1, -0.05) is 23.9 Å². The predicted molar refractivity (Wildman–Crippen MR) is 213 cm³/mol. The van der Waals surface area contributed by atoms with Gasteiger partial charge >= 0.3 is 29.8 Å². The number of carbonyl (C=O) groups is 8. The molecule has 1 fully saturated rings. The molecule has 2 aliphatic heterocycles. The van der Waals surface area contributed by atoms with Crippen molar-refractivity contribution in [3.8, 4) is 17.2 Å². The molecule has 2 aliphatic rings. The van der Waals surface area contributed by atoms with Gasteiger partial charge in [-0.05, 0) is 45.8 Å². The van der Waals surface area contributed by atoms with Gasteiger partial charge in [0.2, 0.25) is 16.5 Å². The first-order valence-electron chi connectivity index (χ1n) is 18.0. The first-order valence-corrected chi connectivity index (χ1v) is 20.1. The van der Waals surface area contributed by atoms with E-state index in [4.69, 9.17) is 29.2 Å². The summed E-state index contributed by atoms with van der Waals surface area (Å²) in [5.74, 6) is -9.15. The number of β-lactam (4-membered cyclic amide) rings is 1. The molecule has 63 heavy (non-hydrogen) atoms. The molecule has 0 aliphatic carbocycles. The van der Waals surface area contributed by atoms with Crippen molar-refractivity contribution in [2.75, 3.05) is 25.2 Å². The fourth-order valence-electron chi connectivity index (χ4n) is 6.59. The number of aryl methyl sites for hydroxylation is 1. The summed E-state index contributed by atoms with van der Waals surface area (Å²) in [4.78, 5) is 116. The highest BCUT2D eigenvalue weighted by atomic mass is 32.2. The van der Waals surface area contributed by atoms with Crippen LogP contribution in [0.1, 0.15) is 35.8 Å². The molecule has 0 radical (unpaired) electrons. The molecular formula is C37H34N8O16S2. The summed E-state index contributed by atoms with van der Waals surface area (Å²) < 4.78 is 23.5. The highest BCUT2D eigenvalue weighted by Gasteiger charge is 2.67. The van der Waals surface area contributed by atoms with Crippen molar-refractivity contribution in [2.24, 2.45) is 7.05 Å². The van der Waals surface area contributed by atoms with Gasteiger partial charge < -0.3 is 49.5 Å². The Kier molecular flexibility index (Phi) is 13.2. The number of aromatic nitrogens is 5. The number of rotatable bonds is 17. The number of thioether (sulfide) groups is 2. The van der Waals surface area contributed by atoms with Crippen molar-refractivity contribution in [1.82, 2.24) is 40.3 Å². The van der Waals surface area contributed by atoms with Gasteiger partial charge in [-0.3, -0.25) is 38.5 Å². The van der Waals surface area contributed by atoms with Crippen LogP contribution in [-0.4, -0.2) is 129 Å². The summed E-state index contributed by atoms with van der Waals surface area (Å²) in [6, 6.07) is 5.96. The quantitative estimate of drug-likeness (QED) is 0.0304. The third-order valence-electron chi connectivity index (χ3n) is 9.22. The molecule has 0 saturated carbocycles. The van der Waals surface area contributed by atoms with Crippen molar-refractivity contribution >= 4 is 82.0 Å². The van der Waals surface area contributed by atoms with E-state index in [1.807, 2.05) is 0 Å². The zero-order chi connectivity index (χ0) is 45.9. The second-order valence-corrected chi connectivity index (χ2v) is 15.5. The Morgan fingerprint density at radius 1 is 0.984 bits per heavy atom. The predicted octanol–water partition coefficient (Wildman–Crippen LogP) is -0.100. The first-order chi connectivity index (χ1) is 29.9. The van der Waals surface area contributed by atoms with E-state index in [0.717, 1.165) is 60.3 Å². The average molecular weight is 911 g/mol. The molecule has 0 bridgehead atoms. The summed E-state index contributed by atoms with van der Waals surface area (Å²) in [6.07, 6.45) is 1.09. The van der Waals surface area contributed by atoms with Gasteiger partial charge in [0, 0.05) is 45.7 Å². The molecule has 2 aromatic carbocycles. The van der Waals surface area contributed by atoms with Gasteiger partial charge in [0.25, 0.3) is 17.5 Å². The van der Waals surface area contributed by atoms with Gasteiger partial charge in [-0.25, -0.2) is 14.3 Å². The zero-order valence-corrected chi connectivity index (χ0v) is 34.8.